The van der Waals surface area contributed by atoms with E-state index in [1.807, 2.05) is 69.3 Å². The quantitative estimate of drug-likeness (QED) is 0.911. The summed E-state index contributed by atoms with van der Waals surface area (Å²) in [6.45, 7) is 6.07. The first-order chi connectivity index (χ1) is 10.1. The minimum absolute atomic E-state index is 0.0259. The van der Waals surface area contributed by atoms with Crippen LogP contribution in [0.4, 0.5) is 0 Å². The van der Waals surface area contributed by atoms with Crippen molar-refractivity contribution in [3.05, 3.63) is 65.2 Å². The number of aryl methyl sites for hydroxylation is 2. The Kier molecular flexibility index (Phi) is 4.99. The number of rotatable bonds is 5. The molecule has 110 valence electrons. The van der Waals surface area contributed by atoms with E-state index in [-0.39, 0.29) is 18.6 Å². The van der Waals surface area contributed by atoms with Crippen LogP contribution in [-0.2, 0) is 4.79 Å². The molecule has 0 aliphatic carbocycles. The zero-order chi connectivity index (χ0) is 15.2. The molecule has 0 saturated heterocycles. The van der Waals surface area contributed by atoms with E-state index < -0.39 is 0 Å². The van der Waals surface area contributed by atoms with Crippen molar-refractivity contribution < 1.29 is 9.53 Å². The molecule has 0 aliphatic rings. The second-order valence-corrected chi connectivity index (χ2v) is 5.23. The van der Waals surface area contributed by atoms with Gasteiger partial charge in [0.25, 0.3) is 5.91 Å². The summed E-state index contributed by atoms with van der Waals surface area (Å²) in [6.07, 6.45) is 0. The monoisotopic (exact) mass is 283 g/mol. The molecule has 0 heterocycles. The molecule has 0 fully saturated rings. The summed E-state index contributed by atoms with van der Waals surface area (Å²) in [5.74, 6) is 0.602. The fraction of sp³-hybridized carbons (Fsp3) is 0.278. The highest BCUT2D eigenvalue weighted by Gasteiger charge is 2.09. The van der Waals surface area contributed by atoms with E-state index in [1.165, 1.54) is 5.56 Å². The Labute approximate surface area is 126 Å². The average Bonchev–Trinajstić information content (AvgIpc) is 2.49. The van der Waals surface area contributed by atoms with Gasteiger partial charge in [-0.1, -0.05) is 36.4 Å². The van der Waals surface area contributed by atoms with Gasteiger partial charge in [0.1, 0.15) is 5.75 Å². The lowest BCUT2D eigenvalue weighted by Crippen LogP contribution is -2.31. The molecule has 2 rings (SSSR count). The Hall–Kier alpha value is -2.29. The summed E-state index contributed by atoms with van der Waals surface area (Å²) in [7, 11) is 0. The van der Waals surface area contributed by atoms with Crippen LogP contribution in [-0.4, -0.2) is 12.5 Å². The van der Waals surface area contributed by atoms with Crippen molar-refractivity contribution in [1.29, 1.82) is 0 Å². The summed E-state index contributed by atoms with van der Waals surface area (Å²) in [5, 5.41) is 2.93. The van der Waals surface area contributed by atoms with Gasteiger partial charge in [-0.05, 0) is 49.6 Å². The minimum Gasteiger partial charge on any atom is -0.484 e. The number of benzene rings is 2. The number of carbonyl (C=O) groups is 1. The molecular weight excluding hydrogens is 262 g/mol. The van der Waals surface area contributed by atoms with E-state index in [9.17, 15) is 4.79 Å². The molecule has 3 nitrogen and oxygen atoms in total. The first kappa shape index (κ1) is 15.1. The lowest BCUT2D eigenvalue weighted by Gasteiger charge is -2.15. The molecule has 2 aromatic carbocycles. The van der Waals surface area contributed by atoms with Crippen molar-refractivity contribution in [1.82, 2.24) is 5.32 Å². The Balaban J connectivity index is 1.86. The first-order valence-corrected chi connectivity index (χ1v) is 7.10. The summed E-state index contributed by atoms with van der Waals surface area (Å²) >= 11 is 0. The molecule has 2 aromatic rings. The number of amides is 1. The van der Waals surface area contributed by atoms with Crippen LogP contribution in [0.5, 0.6) is 5.75 Å². The van der Waals surface area contributed by atoms with E-state index >= 15 is 0 Å². The SMILES string of the molecule is Cc1ccc(OCC(=O)NC(C)c2ccccc2)cc1C. The highest BCUT2D eigenvalue weighted by Crippen LogP contribution is 2.16. The summed E-state index contributed by atoms with van der Waals surface area (Å²) in [6, 6.07) is 15.7. The molecule has 1 amide bonds. The maximum atomic E-state index is 11.9. The first-order valence-electron chi connectivity index (χ1n) is 7.10. The molecular formula is C18H21NO2. The maximum absolute atomic E-state index is 11.9. The lowest BCUT2D eigenvalue weighted by atomic mass is 10.1. The van der Waals surface area contributed by atoms with Gasteiger partial charge in [0, 0.05) is 0 Å². The van der Waals surface area contributed by atoms with Crippen LogP contribution in [0.1, 0.15) is 29.7 Å². The molecule has 0 aliphatic heterocycles. The van der Waals surface area contributed by atoms with Gasteiger partial charge >= 0.3 is 0 Å². The maximum Gasteiger partial charge on any atom is 0.258 e. The summed E-state index contributed by atoms with van der Waals surface area (Å²) in [5.41, 5.74) is 3.45. The van der Waals surface area contributed by atoms with Gasteiger partial charge in [-0.25, -0.2) is 0 Å². The fourth-order valence-electron chi connectivity index (χ4n) is 2.06. The van der Waals surface area contributed by atoms with Crippen molar-refractivity contribution in [2.45, 2.75) is 26.8 Å². The highest BCUT2D eigenvalue weighted by molar-refractivity contribution is 5.78. The van der Waals surface area contributed by atoms with Crippen LogP contribution < -0.4 is 10.1 Å². The molecule has 1 unspecified atom stereocenters. The molecule has 0 aromatic heterocycles. The van der Waals surface area contributed by atoms with E-state index in [1.54, 1.807) is 0 Å². The van der Waals surface area contributed by atoms with E-state index in [0.717, 1.165) is 16.9 Å². The number of carbonyl (C=O) groups excluding carboxylic acids is 1. The minimum atomic E-state index is -0.121. The lowest BCUT2D eigenvalue weighted by molar-refractivity contribution is -0.123. The molecule has 1 atom stereocenters. The molecule has 1 N–H and O–H groups in total. The van der Waals surface area contributed by atoms with Crippen molar-refractivity contribution in [2.75, 3.05) is 6.61 Å². The zero-order valence-electron chi connectivity index (χ0n) is 12.7. The molecule has 3 heteroatoms. The van der Waals surface area contributed by atoms with Crippen LogP contribution in [0.15, 0.2) is 48.5 Å². The normalized spacial score (nSPS) is 11.8. The van der Waals surface area contributed by atoms with Crippen LogP contribution in [0.25, 0.3) is 0 Å². The van der Waals surface area contributed by atoms with Crippen LogP contribution >= 0.6 is 0 Å². The summed E-state index contributed by atoms with van der Waals surface area (Å²) < 4.78 is 5.53. The van der Waals surface area contributed by atoms with Crippen molar-refractivity contribution in [2.24, 2.45) is 0 Å². The van der Waals surface area contributed by atoms with E-state index in [4.69, 9.17) is 4.74 Å². The number of nitrogens with one attached hydrogen (secondary N) is 1. The topological polar surface area (TPSA) is 38.3 Å². The Bertz CT molecular complexity index is 608. The Morgan fingerprint density at radius 2 is 1.81 bits per heavy atom. The van der Waals surface area contributed by atoms with Crippen LogP contribution in [0.3, 0.4) is 0 Å². The third-order valence-corrected chi connectivity index (χ3v) is 3.53. The standard InChI is InChI=1S/C18H21NO2/c1-13-9-10-17(11-14(13)2)21-12-18(20)19-15(3)16-7-5-4-6-8-16/h4-11,15H,12H2,1-3H3,(H,19,20). The zero-order valence-corrected chi connectivity index (χ0v) is 12.7. The van der Waals surface area contributed by atoms with Gasteiger partial charge in [-0.15, -0.1) is 0 Å². The third-order valence-electron chi connectivity index (χ3n) is 3.53. The average molecular weight is 283 g/mol. The second kappa shape index (κ2) is 6.93. The van der Waals surface area contributed by atoms with Crippen molar-refractivity contribution >= 4 is 5.91 Å². The van der Waals surface area contributed by atoms with Crippen LogP contribution in [0.2, 0.25) is 0 Å². The smallest absolute Gasteiger partial charge is 0.258 e. The van der Waals surface area contributed by atoms with Gasteiger partial charge in [0.15, 0.2) is 6.61 Å². The van der Waals surface area contributed by atoms with Gasteiger partial charge in [0.05, 0.1) is 6.04 Å². The third kappa shape index (κ3) is 4.35. The van der Waals surface area contributed by atoms with E-state index in [0.29, 0.717) is 0 Å². The Morgan fingerprint density at radius 1 is 1.10 bits per heavy atom. The molecule has 0 spiro atoms. The Morgan fingerprint density at radius 3 is 2.48 bits per heavy atom. The number of hydrogen-bond donors (Lipinski definition) is 1. The molecule has 0 radical (unpaired) electrons. The summed E-state index contributed by atoms with van der Waals surface area (Å²) in [4.78, 5) is 11.9. The van der Waals surface area contributed by atoms with Gasteiger partial charge in [-0.2, -0.15) is 0 Å². The largest absolute Gasteiger partial charge is 0.484 e. The predicted molar refractivity (Wildman–Crippen MR) is 84.4 cm³/mol. The predicted octanol–water partition coefficient (Wildman–Crippen LogP) is 3.56. The second-order valence-electron chi connectivity index (χ2n) is 5.23. The fourth-order valence-corrected chi connectivity index (χ4v) is 2.06. The van der Waals surface area contributed by atoms with Crippen molar-refractivity contribution in [3.8, 4) is 5.75 Å². The van der Waals surface area contributed by atoms with Crippen molar-refractivity contribution in [3.63, 3.8) is 0 Å². The molecule has 21 heavy (non-hydrogen) atoms. The van der Waals surface area contributed by atoms with Gasteiger partial charge in [-0.3, -0.25) is 4.79 Å². The molecule has 0 bridgehead atoms. The van der Waals surface area contributed by atoms with Gasteiger partial charge < -0.3 is 10.1 Å². The number of ether oxygens (including phenoxy) is 1. The highest BCUT2D eigenvalue weighted by atomic mass is 16.5. The molecule has 0 saturated carbocycles. The number of hydrogen-bond acceptors (Lipinski definition) is 2. The van der Waals surface area contributed by atoms with Gasteiger partial charge in [0.2, 0.25) is 0 Å². The van der Waals surface area contributed by atoms with E-state index in [2.05, 4.69) is 5.32 Å². The van der Waals surface area contributed by atoms with Crippen LogP contribution in [0, 0.1) is 13.8 Å².